The van der Waals surface area contributed by atoms with E-state index in [2.05, 4.69) is 30.0 Å². The highest BCUT2D eigenvalue weighted by atomic mass is 16.7. The highest BCUT2D eigenvalue weighted by molar-refractivity contribution is 5.80. The number of hydrogen-bond donors (Lipinski definition) is 1. The number of methoxy groups -OCH3 is 1. The third-order valence-electron chi connectivity index (χ3n) is 6.19. The van der Waals surface area contributed by atoms with Crippen LogP contribution in [0.4, 0.5) is 0 Å². The summed E-state index contributed by atoms with van der Waals surface area (Å²) >= 11 is 0. The highest BCUT2D eigenvalue weighted by Gasteiger charge is 2.47. The van der Waals surface area contributed by atoms with Crippen molar-refractivity contribution in [2.75, 3.05) is 27.0 Å². The molecule has 3 atom stereocenters. The van der Waals surface area contributed by atoms with Crippen LogP contribution in [0.2, 0.25) is 0 Å². The van der Waals surface area contributed by atoms with E-state index in [1.54, 1.807) is 21.0 Å². The van der Waals surface area contributed by atoms with Gasteiger partial charge in [0, 0.05) is 18.5 Å². The predicted molar refractivity (Wildman–Crippen MR) is 113 cm³/mol. The number of hydrogen-bond acceptors (Lipinski definition) is 7. The fourth-order valence-electron chi connectivity index (χ4n) is 4.55. The minimum atomic E-state index is -1.08. The maximum atomic E-state index is 12.7. The van der Waals surface area contributed by atoms with Crippen molar-refractivity contribution in [2.45, 2.75) is 63.6 Å². The zero-order valence-electron chi connectivity index (χ0n) is 18.3. The van der Waals surface area contributed by atoms with Crippen molar-refractivity contribution in [3.05, 3.63) is 35.1 Å². The van der Waals surface area contributed by atoms with E-state index in [-0.39, 0.29) is 18.8 Å². The fraction of sp³-hybridized carbons (Fsp3) is 0.609. The Morgan fingerprint density at radius 1 is 1.30 bits per heavy atom. The van der Waals surface area contributed by atoms with Gasteiger partial charge in [-0.05, 0) is 62.6 Å². The molecule has 2 heterocycles. The smallest absolute Gasteiger partial charge is 0.326 e. The van der Waals surface area contributed by atoms with E-state index in [0.717, 1.165) is 49.4 Å². The number of nitrogens with zero attached hydrogens (tertiary/aromatic N) is 1. The molecule has 3 unspecified atom stereocenters. The molecule has 0 saturated heterocycles. The molecule has 7 heteroatoms. The average molecular weight is 417 g/mol. The van der Waals surface area contributed by atoms with Crippen molar-refractivity contribution < 1.29 is 23.7 Å². The van der Waals surface area contributed by atoms with Gasteiger partial charge < -0.3 is 24.7 Å². The Balaban J connectivity index is 1.76. The van der Waals surface area contributed by atoms with Crippen LogP contribution in [-0.2, 0) is 20.7 Å². The van der Waals surface area contributed by atoms with Gasteiger partial charge in [0.15, 0.2) is 17.6 Å². The molecule has 1 aromatic carbocycles. The number of fused-ring (bicyclic) bond motifs is 4. The summed E-state index contributed by atoms with van der Waals surface area (Å²) in [6, 6.07) is 4.21. The SMILES string of the molecule is CCCCN1CCc2cc3c(cc2C2C(OC(=O)C(C)(C)N)C(OC)=CC21)OCO3. The first-order chi connectivity index (χ1) is 14.3. The fourth-order valence-corrected chi connectivity index (χ4v) is 4.55. The molecule has 0 aromatic heterocycles. The quantitative estimate of drug-likeness (QED) is 0.714. The predicted octanol–water partition coefficient (Wildman–Crippen LogP) is 2.72. The van der Waals surface area contributed by atoms with Gasteiger partial charge in [-0.1, -0.05) is 13.3 Å². The molecule has 30 heavy (non-hydrogen) atoms. The number of benzene rings is 1. The summed E-state index contributed by atoms with van der Waals surface area (Å²) in [5.74, 6) is 1.67. The van der Waals surface area contributed by atoms with E-state index in [0.29, 0.717) is 5.76 Å². The molecular formula is C23H32N2O5. The first-order valence-electron chi connectivity index (χ1n) is 10.8. The van der Waals surface area contributed by atoms with Gasteiger partial charge in [0.1, 0.15) is 11.3 Å². The van der Waals surface area contributed by atoms with Crippen molar-refractivity contribution in [3.8, 4) is 11.5 Å². The van der Waals surface area contributed by atoms with Crippen molar-refractivity contribution >= 4 is 5.97 Å². The number of carbonyl (C=O) groups excluding carboxylic acids is 1. The largest absolute Gasteiger partial charge is 0.497 e. The van der Waals surface area contributed by atoms with Crippen molar-refractivity contribution in [2.24, 2.45) is 5.73 Å². The van der Waals surface area contributed by atoms with Gasteiger partial charge >= 0.3 is 5.97 Å². The summed E-state index contributed by atoms with van der Waals surface area (Å²) in [6.45, 7) is 7.65. The van der Waals surface area contributed by atoms with Gasteiger partial charge in [0.05, 0.1) is 7.11 Å². The summed E-state index contributed by atoms with van der Waals surface area (Å²) in [6.07, 6.45) is 4.72. The second-order valence-electron chi connectivity index (χ2n) is 8.88. The maximum absolute atomic E-state index is 12.7. The molecule has 164 valence electrons. The van der Waals surface area contributed by atoms with E-state index in [4.69, 9.17) is 24.7 Å². The van der Waals surface area contributed by atoms with E-state index in [9.17, 15) is 4.79 Å². The Bertz CT molecular complexity index is 845. The zero-order chi connectivity index (χ0) is 21.5. The number of nitrogens with two attached hydrogens (primary N) is 1. The molecule has 0 fully saturated rings. The summed E-state index contributed by atoms with van der Waals surface area (Å²) in [7, 11) is 1.63. The molecule has 2 aliphatic heterocycles. The van der Waals surface area contributed by atoms with Crippen LogP contribution in [0.1, 0.15) is 50.7 Å². The van der Waals surface area contributed by atoms with E-state index in [1.807, 2.05) is 0 Å². The third-order valence-corrected chi connectivity index (χ3v) is 6.19. The van der Waals surface area contributed by atoms with Crippen molar-refractivity contribution in [1.82, 2.24) is 4.90 Å². The Labute approximate surface area is 178 Å². The number of rotatable bonds is 6. The Morgan fingerprint density at radius 2 is 2.03 bits per heavy atom. The van der Waals surface area contributed by atoms with Crippen LogP contribution in [0, 0.1) is 0 Å². The van der Waals surface area contributed by atoms with Gasteiger partial charge in [0.25, 0.3) is 0 Å². The summed E-state index contributed by atoms with van der Waals surface area (Å²) < 4.78 is 22.9. The molecule has 1 aromatic rings. The minimum Gasteiger partial charge on any atom is -0.497 e. The normalized spacial score (nSPS) is 25.2. The molecule has 0 bridgehead atoms. The van der Waals surface area contributed by atoms with E-state index >= 15 is 0 Å². The van der Waals surface area contributed by atoms with Crippen LogP contribution in [0.15, 0.2) is 24.0 Å². The van der Waals surface area contributed by atoms with Crippen molar-refractivity contribution in [3.63, 3.8) is 0 Å². The van der Waals surface area contributed by atoms with Crippen LogP contribution in [0.25, 0.3) is 0 Å². The van der Waals surface area contributed by atoms with Crippen LogP contribution >= 0.6 is 0 Å². The zero-order valence-corrected chi connectivity index (χ0v) is 18.3. The van der Waals surface area contributed by atoms with E-state index < -0.39 is 17.6 Å². The summed E-state index contributed by atoms with van der Waals surface area (Å²) in [5, 5.41) is 0. The maximum Gasteiger partial charge on any atom is 0.326 e. The monoisotopic (exact) mass is 416 g/mol. The Kier molecular flexibility index (Phi) is 5.68. The van der Waals surface area contributed by atoms with Gasteiger partial charge in [-0.3, -0.25) is 9.69 Å². The van der Waals surface area contributed by atoms with Crippen LogP contribution in [0.3, 0.4) is 0 Å². The Hall–Kier alpha value is -2.25. The highest BCUT2D eigenvalue weighted by Crippen LogP contribution is 2.47. The van der Waals surface area contributed by atoms with Crippen LogP contribution in [0.5, 0.6) is 11.5 Å². The first-order valence-corrected chi connectivity index (χ1v) is 10.8. The molecule has 1 aliphatic carbocycles. The lowest BCUT2D eigenvalue weighted by Gasteiger charge is -2.33. The summed E-state index contributed by atoms with van der Waals surface area (Å²) in [4.78, 5) is 15.2. The number of esters is 1. The molecule has 7 nitrogen and oxygen atoms in total. The molecule has 0 spiro atoms. The lowest BCUT2D eigenvalue weighted by atomic mass is 9.87. The number of unbranched alkanes of at least 4 members (excludes halogenated alkanes) is 1. The molecule has 2 N–H and O–H groups in total. The molecule has 0 saturated carbocycles. The minimum absolute atomic E-state index is 0.0757. The average Bonchev–Trinajstić information content (AvgIpc) is 3.26. The molecule has 3 aliphatic rings. The summed E-state index contributed by atoms with van der Waals surface area (Å²) in [5.41, 5.74) is 7.27. The van der Waals surface area contributed by atoms with Gasteiger partial charge in [0.2, 0.25) is 6.79 Å². The second kappa shape index (κ2) is 8.12. The lowest BCUT2D eigenvalue weighted by molar-refractivity contribution is -0.155. The third kappa shape index (κ3) is 3.76. The number of carbonyl (C=O) groups is 1. The van der Waals surface area contributed by atoms with Crippen molar-refractivity contribution in [1.29, 1.82) is 0 Å². The van der Waals surface area contributed by atoms with Crippen LogP contribution < -0.4 is 15.2 Å². The molecule has 0 radical (unpaired) electrons. The lowest BCUT2D eigenvalue weighted by Crippen LogP contribution is -2.46. The molecular weight excluding hydrogens is 384 g/mol. The van der Waals surface area contributed by atoms with Crippen LogP contribution in [-0.4, -0.2) is 55.5 Å². The first kappa shape index (κ1) is 21.0. The standard InChI is InChI=1S/C23H32N2O5/c1-5-6-8-25-9-7-14-10-17-18(29-13-28-17)11-15(14)20-16(25)12-19(27-4)21(20)30-22(26)23(2,3)24/h10-12,16,20-21H,5-9,13,24H2,1-4H3. The van der Waals surface area contributed by atoms with Gasteiger partial charge in [-0.2, -0.15) is 0 Å². The van der Waals surface area contributed by atoms with E-state index in [1.165, 1.54) is 5.56 Å². The van der Waals surface area contributed by atoms with Gasteiger partial charge in [-0.25, -0.2) is 0 Å². The second-order valence-corrected chi connectivity index (χ2v) is 8.88. The number of ether oxygens (including phenoxy) is 4. The molecule has 4 rings (SSSR count). The molecule has 0 amide bonds. The topological polar surface area (TPSA) is 83.3 Å². The van der Waals surface area contributed by atoms with Gasteiger partial charge in [-0.15, -0.1) is 0 Å². The Morgan fingerprint density at radius 3 is 2.70 bits per heavy atom.